The summed E-state index contributed by atoms with van der Waals surface area (Å²) in [6.45, 7) is 13.3. The summed E-state index contributed by atoms with van der Waals surface area (Å²) < 4.78 is 1.91. The van der Waals surface area contributed by atoms with Gasteiger partial charge in [-0.3, -0.25) is 4.79 Å². The van der Waals surface area contributed by atoms with Crippen molar-refractivity contribution in [3.8, 4) is 5.69 Å². The van der Waals surface area contributed by atoms with E-state index in [0.717, 1.165) is 35.9 Å². The van der Waals surface area contributed by atoms with Crippen LogP contribution in [0.2, 0.25) is 0 Å². The van der Waals surface area contributed by atoms with Crippen LogP contribution in [-0.4, -0.2) is 35.3 Å². The summed E-state index contributed by atoms with van der Waals surface area (Å²) in [4.78, 5) is 14.0. The van der Waals surface area contributed by atoms with Gasteiger partial charge in [-0.2, -0.15) is 5.10 Å². The van der Waals surface area contributed by atoms with E-state index in [0.29, 0.717) is 18.4 Å². The number of rotatable bonds is 4. The van der Waals surface area contributed by atoms with Gasteiger partial charge >= 0.3 is 0 Å². The molecule has 0 aliphatic carbocycles. The number of hydrogen-bond acceptors (Lipinski definition) is 2. The van der Waals surface area contributed by atoms with Gasteiger partial charge in [0.2, 0.25) is 0 Å². The molecule has 2 heterocycles. The number of anilines is 1. The Morgan fingerprint density at radius 1 is 1.15 bits per heavy atom. The number of benzene rings is 1. The molecule has 2 aromatic rings. The number of nitrogens with one attached hydrogen (secondary N) is 2. The maximum Gasteiger partial charge on any atom is 0.279 e. The number of likely N-dealkylation sites (tertiary alicyclic amines) is 1. The zero-order chi connectivity index (χ0) is 18.8. The molecule has 0 bridgehead atoms. The first-order valence-electron chi connectivity index (χ1n) is 9.60. The zero-order valence-corrected chi connectivity index (χ0v) is 16.6. The number of carbonyl (C=O) groups is 1. The standard InChI is InChI=1S/C21H30N4O/c1-14-6-8-19(9-7-14)25-18(5)21(17(4)23-25)22-20(26)13-24-11-15(2)10-16(3)12-24/h6-9,15-16H,10-13H2,1-5H3,(H,22,26)/p+1/t15-,16-/m0/s1. The predicted octanol–water partition coefficient (Wildman–Crippen LogP) is 2.30. The summed E-state index contributed by atoms with van der Waals surface area (Å²) in [7, 11) is 0. The Labute approximate surface area is 156 Å². The van der Waals surface area contributed by atoms with Crippen LogP contribution in [0.15, 0.2) is 24.3 Å². The Morgan fingerprint density at radius 3 is 2.38 bits per heavy atom. The van der Waals surface area contributed by atoms with Crippen LogP contribution in [0.1, 0.15) is 37.2 Å². The molecular weight excluding hydrogens is 324 g/mol. The topological polar surface area (TPSA) is 51.4 Å². The third-order valence-electron chi connectivity index (χ3n) is 5.32. The SMILES string of the molecule is Cc1ccc(-n2nc(C)c(NC(=O)C[NH+]3C[C@@H](C)C[C@H](C)C3)c2C)cc1. The highest BCUT2D eigenvalue weighted by atomic mass is 16.2. The van der Waals surface area contributed by atoms with Gasteiger partial charge in [-0.05, 0) is 39.3 Å². The molecule has 26 heavy (non-hydrogen) atoms. The molecule has 0 unspecified atom stereocenters. The van der Waals surface area contributed by atoms with Gasteiger partial charge < -0.3 is 10.2 Å². The average Bonchev–Trinajstić information content (AvgIpc) is 2.83. The highest BCUT2D eigenvalue weighted by Crippen LogP contribution is 2.23. The lowest BCUT2D eigenvalue weighted by atomic mass is 9.92. The Morgan fingerprint density at radius 2 is 1.77 bits per heavy atom. The summed E-state index contributed by atoms with van der Waals surface area (Å²) in [5.41, 5.74) is 4.90. The van der Waals surface area contributed by atoms with Crippen molar-refractivity contribution in [3.05, 3.63) is 41.2 Å². The molecule has 1 saturated heterocycles. The molecule has 5 heteroatoms. The minimum Gasteiger partial charge on any atom is -0.327 e. The number of aryl methyl sites for hydroxylation is 2. The van der Waals surface area contributed by atoms with E-state index in [4.69, 9.17) is 0 Å². The van der Waals surface area contributed by atoms with E-state index in [1.54, 1.807) is 0 Å². The van der Waals surface area contributed by atoms with E-state index in [-0.39, 0.29) is 5.91 Å². The van der Waals surface area contributed by atoms with Crippen LogP contribution in [0.4, 0.5) is 5.69 Å². The molecule has 140 valence electrons. The van der Waals surface area contributed by atoms with Crippen LogP contribution < -0.4 is 10.2 Å². The fourth-order valence-electron chi connectivity index (χ4n) is 4.24. The van der Waals surface area contributed by atoms with E-state index in [9.17, 15) is 4.79 Å². The zero-order valence-electron chi connectivity index (χ0n) is 16.6. The molecule has 1 aromatic heterocycles. The summed E-state index contributed by atoms with van der Waals surface area (Å²) in [6, 6.07) is 8.26. The van der Waals surface area contributed by atoms with Crippen LogP contribution in [0, 0.1) is 32.6 Å². The minimum absolute atomic E-state index is 0.0796. The minimum atomic E-state index is 0.0796. The number of piperidine rings is 1. The highest BCUT2D eigenvalue weighted by Gasteiger charge is 2.27. The molecule has 3 rings (SSSR count). The Balaban J connectivity index is 1.71. The number of carbonyl (C=O) groups excluding carboxylic acids is 1. The van der Waals surface area contributed by atoms with Gasteiger partial charge in [-0.1, -0.05) is 31.5 Å². The number of amides is 1. The molecule has 1 aliphatic heterocycles. The van der Waals surface area contributed by atoms with E-state index in [1.165, 1.54) is 16.9 Å². The van der Waals surface area contributed by atoms with Crippen LogP contribution in [0.25, 0.3) is 5.69 Å². The van der Waals surface area contributed by atoms with E-state index >= 15 is 0 Å². The molecule has 0 spiro atoms. The van der Waals surface area contributed by atoms with Crippen molar-refractivity contribution in [2.24, 2.45) is 11.8 Å². The van der Waals surface area contributed by atoms with Crippen LogP contribution in [0.5, 0.6) is 0 Å². The highest BCUT2D eigenvalue weighted by molar-refractivity contribution is 5.92. The molecule has 1 aromatic carbocycles. The quantitative estimate of drug-likeness (QED) is 0.884. The van der Waals surface area contributed by atoms with Crippen molar-refractivity contribution in [1.29, 1.82) is 0 Å². The van der Waals surface area contributed by atoms with Crippen molar-refractivity contribution in [2.45, 2.75) is 41.0 Å². The first-order valence-corrected chi connectivity index (χ1v) is 9.60. The first kappa shape index (κ1) is 18.6. The van der Waals surface area contributed by atoms with Crippen LogP contribution in [0.3, 0.4) is 0 Å². The van der Waals surface area contributed by atoms with Crippen molar-refractivity contribution < 1.29 is 9.69 Å². The third kappa shape index (κ3) is 4.15. The Hall–Kier alpha value is -2.14. The van der Waals surface area contributed by atoms with Gasteiger partial charge in [-0.25, -0.2) is 4.68 Å². The summed E-state index contributed by atoms with van der Waals surface area (Å²) >= 11 is 0. The molecule has 0 radical (unpaired) electrons. The normalized spacial score (nSPS) is 23.0. The van der Waals surface area contributed by atoms with Crippen LogP contribution in [-0.2, 0) is 4.79 Å². The van der Waals surface area contributed by atoms with Gasteiger partial charge in [0, 0.05) is 11.8 Å². The molecule has 2 N–H and O–H groups in total. The number of quaternary nitrogens is 1. The van der Waals surface area contributed by atoms with Crippen molar-refractivity contribution in [3.63, 3.8) is 0 Å². The maximum atomic E-state index is 12.6. The van der Waals surface area contributed by atoms with Gasteiger partial charge in [0.15, 0.2) is 6.54 Å². The maximum absolute atomic E-state index is 12.6. The monoisotopic (exact) mass is 355 g/mol. The Bertz CT molecular complexity index is 768. The first-order chi connectivity index (χ1) is 12.3. The van der Waals surface area contributed by atoms with Gasteiger partial charge in [0.05, 0.1) is 35.9 Å². The van der Waals surface area contributed by atoms with Crippen LogP contribution >= 0.6 is 0 Å². The van der Waals surface area contributed by atoms with Gasteiger partial charge in [0.1, 0.15) is 0 Å². The smallest absolute Gasteiger partial charge is 0.279 e. The molecule has 1 aliphatic rings. The van der Waals surface area contributed by atoms with Crippen molar-refractivity contribution in [1.82, 2.24) is 9.78 Å². The number of hydrogen-bond donors (Lipinski definition) is 2. The lowest BCUT2D eigenvalue weighted by Crippen LogP contribution is -3.15. The third-order valence-corrected chi connectivity index (χ3v) is 5.32. The molecule has 1 amide bonds. The molecule has 1 fully saturated rings. The number of aromatic nitrogens is 2. The second kappa shape index (κ2) is 7.62. The van der Waals surface area contributed by atoms with Crippen molar-refractivity contribution in [2.75, 3.05) is 25.0 Å². The molecule has 5 nitrogen and oxygen atoms in total. The summed E-state index contributed by atoms with van der Waals surface area (Å²) in [5.74, 6) is 1.46. The lowest BCUT2D eigenvalue weighted by Gasteiger charge is -2.31. The lowest BCUT2D eigenvalue weighted by molar-refractivity contribution is -0.904. The molecule has 2 atom stereocenters. The fourth-order valence-corrected chi connectivity index (χ4v) is 4.24. The van der Waals surface area contributed by atoms with E-state index in [2.05, 4.69) is 55.5 Å². The second-order valence-electron chi connectivity index (χ2n) is 8.12. The second-order valence-corrected chi connectivity index (χ2v) is 8.12. The average molecular weight is 356 g/mol. The summed E-state index contributed by atoms with van der Waals surface area (Å²) in [6.07, 6.45) is 1.27. The van der Waals surface area contributed by atoms with E-state index < -0.39 is 0 Å². The number of nitrogens with zero attached hydrogens (tertiary/aromatic N) is 2. The van der Waals surface area contributed by atoms with Gasteiger partial charge in [-0.15, -0.1) is 0 Å². The van der Waals surface area contributed by atoms with Crippen molar-refractivity contribution >= 4 is 11.6 Å². The van der Waals surface area contributed by atoms with Gasteiger partial charge in [0.25, 0.3) is 5.91 Å². The summed E-state index contributed by atoms with van der Waals surface area (Å²) in [5, 5.41) is 7.74. The fraction of sp³-hybridized carbons (Fsp3) is 0.524. The molecule has 0 saturated carbocycles. The molecular formula is C21H31N4O+. The van der Waals surface area contributed by atoms with E-state index in [1.807, 2.05) is 18.5 Å². The largest absolute Gasteiger partial charge is 0.327 e. The predicted molar refractivity (Wildman–Crippen MR) is 105 cm³/mol. The Kier molecular flexibility index (Phi) is 5.47.